The molecule has 1 aliphatic heterocycles. The van der Waals surface area contributed by atoms with Gasteiger partial charge in [0, 0.05) is 13.1 Å². The van der Waals surface area contributed by atoms with Crippen LogP contribution in [0.5, 0.6) is 11.5 Å². The summed E-state index contributed by atoms with van der Waals surface area (Å²) in [6.07, 6.45) is 0.676. The fraction of sp³-hybridized carbons (Fsp3) is 0.412. The van der Waals surface area contributed by atoms with Crippen molar-refractivity contribution in [2.45, 2.75) is 19.9 Å². The van der Waals surface area contributed by atoms with Crippen molar-refractivity contribution in [2.24, 2.45) is 13.0 Å². The number of aryl methyl sites for hydroxylation is 2. The van der Waals surface area contributed by atoms with Crippen LogP contribution in [-0.2, 0) is 24.8 Å². The van der Waals surface area contributed by atoms with Gasteiger partial charge in [-0.25, -0.2) is 0 Å². The molecule has 1 atom stereocenters. The van der Waals surface area contributed by atoms with Crippen LogP contribution in [0.15, 0.2) is 24.3 Å². The third-order valence-electron chi connectivity index (χ3n) is 4.09. The lowest BCUT2D eigenvalue weighted by Gasteiger charge is -2.25. The van der Waals surface area contributed by atoms with Crippen LogP contribution >= 0.6 is 0 Å². The average Bonchev–Trinajstić information content (AvgIpc) is 2.89. The molecular formula is C17H21N3O3. The predicted octanol–water partition coefficient (Wildman–Crippen LogP) is 1.60. The van der Waals surface area contributed by atoms with Gasteiger partial charge in [0.15, 0.2) is 0 Å². The minimum atomic E-state index is -0.176. The first-order chi connectivity index (χ1) is 11.1. The molecule has 122 valence electrons. The minimum absolute atomic E-state index is 0.00493. The molecule has 23 heavy (non-hydrogen) atoms. The van der Waals surface area contributed by atoms with E-state index in [0.29, 0.717) is 19.6 Å². The molecule has 6 nitrogen and oxygen atoms in total. The number of hydrogen-bond donors (Lipinski definition) is 1. The summed E-state index contributed by atoms with van der Waals surface area (Å²) in [5.41, 5.74) is 2.96. The van der Waals surface area contributed by atoms with Crippen molar-refractivity contribution >= 4 is 5.91 Å². The molecule has 0 fully saturated rings. The number of benzene rings is 1. The highest BCUT2D eigenvalue weighted by Crippen LogP contribution is 2.31. The number of methoxy groups -OCH3 is 1. The van der Waals surface area contributed by atoms with Crippen LogP contribution in [0.4, 0.5) is 0 Å². The number of aromatic nitrogens is 2. The zero-order valence-electron chi connectivity index (χ0n) is 13.6. The van der Waals surface area contributed by atoms with Crippen molar-refractivity contribution in [1.82, 2.24) is 15.1 Å². The Morgan fingerprint density at radius 1 is 1.48 bits per heavy atom. The van der Waals surface area contributed by atoms with Gasteiger partial charge in [-0.3, -0.25) is 9.48 Å². The Balaban J connectivity index is 1.61. The molecule has 0 saturated heterocycles. The summed E-state index contributed by atoms with van der Waals surface area (Å²) in [5, 5.41) is 7.25. The van der Waals surface area contributed by atoms with Crippen molar-refractivity contribution in [3.8, 4) is 11.5 Å². The fourth-order valence-electron chi connectivity index (χ4n) is 2.80. The molecule has 0 bridgehead atoms. The van der Waals surface area contributed by atoms with Gasteiger partial charge >= 0.3 is 0 Å². The molecule has 1 aliphatic rings. The fourth-order valence-corrected chi connectivity index (χ4v) is 2.80. The Labute approximate surface area is 135 Å². The lowest BCUT2D eigenvalue weighted by molar-refractivity contribution is -0.126. The molecule has 3 rings (SSSR count). The molecule has 1 N–H and O–H groups in total. The second kappa shape index (κ2) is 6.32. The van der Waals surface area contributed by atoms with Gasteiger partial charge < -0.3 is 14.8 Å². The van der Waals surface area contributed by atoms with E-state index in [9.17, 15) is 4.79 Å². The van der Waals surface area contributed by atoms with Crippen molar-refractivity contribution < 1.29 is 14.3 Å². The quantitative estimate of drug-likeness (QED) is 0.931. The summed E-state index contributed by atoms with van der Waals surface area (Å²) in [5.74, 6) is 1.39. The van der Waals surface area contributed by atoms with E-state index < -0.39 is 0 Å². The van der Waals surface area contributed by atoms with Gasteiger partial charge in [0.25, 0.3) is 0 Å². The summed E-state index contributed by atoms with van der Waals surface area (Å²) in [4.78, 5) is 12.4. The summed E-state index contributed by atoms with van der Waals surface area (Å²) < 4.78 is 12.7. The van der Waals surface area contributed by atoms with E-state index in [-0.39, 0.29) is 11.8 Å². The Kier molecular flexibility index (Phi) is 4.23. The van der Waals surface area contributed by atoms with Crippen molar-refractivity contribution in [2.75, 3.05) is 13.7 Å². The van der Waals surface area contributed by atoms with E-state index in [4.69, 9.17) is 9.47 Å². The van der Waals surface area contributed by atoms with E-state index in [1.807, 2.05) is 38.2 Å². The van der Waals surface area contributed by atoms with E-state index in [1.165, 1.54) is 0 Å². The molecule has 0 saturated carbocycles. The maximum Gasteiger partial charge on any atom is 0.227 e. The normalized spacial score (nSPS) is 16.4. The van der Waals surface area contributed by atoms with Gasteiger partial charge in [0.05, 0.1) is 31.0 Å². The van der Waals surface area contributed by atoms with Gasteiger partial charge in [0.1, 0.15) is 18.1 Å². The molecule has 1 aromatic heterocycles. The second-order valence-corrected chi connectivity index (χ2v) is 5.80. The number of hydrogen-bond acceptors (Lipinski definition) is 4. The zero-order chi connectivity index (χ0) is 16.4. The van der Waals surface area contributed by atoms with E-state index in [0.717, 1.165) is 28.5 Å². The van der Waals surface area contributed by atoms with Crippen LogP contribution in [0, 0.1) is 12.8 Å². The molecule has 0 spiro atoms. The molecule has 0 aliphatic carbocycles. The van der Waals surface area contributed by atoms with Crippen LogP contribution in [0.25, 0.3) is 0 Å². The lowest BCUT2D eigenvalue weighted by atomic mass is 9.96. The number of ether oxygens (including phenoxy) is 2. The number of fused-ring (bicyclic) bond motifs is 1. The molecule has 2 aromatic rings. The van der Waals surface area contributed by atoms with Crippen LogP contribution in [0.1, 0.15) is 17.0 Å². The van der Waals surface area contributed by atoms with E-state index >= 15 is 0 Å². The Bertz CT molecular complexity index is 724. The lowest BCUT2D eigenvalue weighted by Crippen LogP contribution is -2.37. The number of carbonyl (C=O) groups excluding carboxylic acids is 1. The molecule has 1 aromatic carbocycles. The molecule has 6 heteroatoms. The van der Waals surface area contributed by atoms with Gasteiger partial charge in [0.2, 0.25) is 5.91 Å². The van der Waals surface area contributed by atoms with Crippen molar-refractivity contribution in [3.05, 3.63) is 41.2 Å². The SMILES string of the molecule is COc1ccc2c(c1)OC[C@H](C(=O)NCc1cc(C)nn1C)C2. The summed E-state index contributed by atoms with van der Waals surface area (Å²) >= 11 is 0. The molecule has 2 heterocycles. The third kappa shape index (κ3) is 3.31. The molecular weight excluding hydrogens is 294 g/mol. The number of amides is 1. The van der Waals surface area contributed by atoms with Crippen molar-refractivity contribution in [1.29, 1.82) is 0 Å². The number of carbonyl (C=O) groups is 1. The second-order valence-electron chi connectivity index (χ2n) is 5.80. The maximum absolute atomic E-state index is 12.4. The van der Waals surface area contributed by atoms with Gasteiger partial charge in [-0.1, -0.05) is 6.07 Å². The predicted molar refractivity (Wildman–Crippen MR) is 85.5 cm³/mol. The molecule has 0 unspecified atom stereocenters. The van der Waals surface area contributed by atoms with E-state index in [1.54, 1.807) is 11.8 Å². The number of rotatable bonds is 4. The van der Waals surface area contributed by atoms with Crippen molar-refractivity contribution in [3.63, 3.8) is 0 Å². The van der Waals surface area contributed by atoms with Crippen LogP contribution in [0.2, 0.25) is 0 Å². The first-order valence-electron chi connectivity index (χ1n) is 7.63. The highest BCUT2D eigenvalue weighted by Gasteiger charge is 2.26. The Morgan fingerprint density at radius 3 is 3.00 bits per heavy atom. The largest absolute Gasteiger partial charge is 0.497 e. The van der Waals surface area contributed by atoms with Crippen LogP contribution in [0.3, 0.4) is 0 Å². The maximum atomic E-state index is 12.4. The van der Waals surface area contributed by atoms with Gasteiger partial charge in [-0.15, -0.1) is 0 Å². The first-order valence-corrected chi connectivity index (χ1v) is 7.63. The summed E-state index contributed by atoms with van der Waals surface area (Å²) in [6, 6.07) is 7.68. The smallest absolute Gasteiger partial charge is 0.227 e. The first kappa shape index (κ1) is 15.4. The Hall–Kier alpha value is -2.50. The molecule has 1 amide bonds. The van der Waals surface area contributed by atoms with E-state index in [2.05, 4.69) is 10.4 Å². The third-order valence-corrected chi connectivity index (χ3v) is 4.09. The highest BCUT2D eigenvalue weighted by molar-refractivity contribution is 5.79. The highest BCUT2D eigenvalue weighted by atomic mass is 16.5. The van der Waals surface area contributed by atoms with Gasteiger partial charge in [-0.2, -0.15) is 5.10 Å². The zero-order valence-corrected chi connectivity index (χ0v) is 13.6. The number of nitrogens with zero attached hydrogens (tertiary/aromatic N) is 2. The topological polar surface area (TPSA) is 65.4 Å². The number of nitrogens with one attached hydrogen (secondary N) is 1. The minimum Gasteiger partial charge on any atom is -0.497 e. The van der Waals surface area contributed by atoms with Crippen LogP contribution < -0.4 is 14.8 Å². The molecule has 0 radical (unpaired) electrons. The monoisotopic (exact) mass is 315 g/mol. The van der Waals surface area contributed by atoms with Crippen LogP contribution in [-0.4, -0.2) is 29.4 Å². The Morgan fingerprint density at radius 2 is 2.30 bits per heavy atom. The standard InChI is InChI=1S/C17H21N3O3/c1-11-6-14(20(2)19-11)9-18-17(21)13-7-12-4-5-15(22-3)8-16(12)23-10-13/h4-6,8,13H,7,9-10H2,1-3H3,(H,18,21)/t13-/m1/s1. The van der Waals surface area contributed by atoms with Gasteiger partial charge in [-0.05, 0) is 31.0 Å². The average molecular weight is 315 g/mol. The summed E-state index contributed by atoms with van der Waals surface area (Å²) in [6.45, 7) is 2.80. The summed E-state index contributed by atoms with van der Waals surface area (Å²) in [7, 11) is 3.50.